The second kappa shape index (κ2) is 4.96. The van der Waals surface area contributed by atoms with E-state index in [1.165, 1.54) is 12.8 Å². The van der Waals surface area contributed by atoms with Crippen LogP contribution in [-0.4, -0.2) is 31.8 Å². The number of hydrogen-bond acceptors (Lipinski definition) is 4. The first-order valence-corrected chi connectivity index (χ1v) is 9.15. The van der Waals surface area contributed by atoms with Crippen molar-refractivity contribution in [2.45, 2.75) is 56.8 Å². The van der Waals surface area contributed by atoms with Crippen LogP contribution in [0.1, 0.15) is 50.7 Å². The van der Waals surface area contributed by atoms with Crippen molar-refractivity contribution in [1.29, 1.82) is 0 Å². The summed E-state index contributed by atoms with van der Waals surface area (Å²) >= 11 is 0. The molecule has 6 rings (SSSR count). The van der Waals surface area contributed by atoms with Gasteiger partial charge in [-0.05, 0) is 62.8 Å². The van der Waals surface area contributed by atoms with Gasteiger partial charge in [0.1, 0.15) is 5.65 Å². The molecule has 24 heavy (non-hydrogen) atoms. The molecule has 2 heterocycles. The van der Waals surface area contributed by atoms with Gasteiger partial charge in [0.25, 0.3) is 0 Å². The molecule has 128 valence electrons. The number of aromatic nitrogens is 2. The Morgan fingerprint density at radius 2 is 2.04 bits per heavy atom. The summed E-state index contributed by atoms with van der Waals surface area (Å²) in [7, 11) is 0. The van der Waals surface area contributed by atoms with Crippen molar-refractivity contribution in [1.82, 2.24) is 9.97 Å². The minimum Gasteiger partial charge on any atom is -0.390 e. The molecule has 3 atom stereocenters. The van der Waals surface area contributed by atoms with Crippen molar-refractivity contribution in [3.05, 3.63) is 24.0 Å². The minimum absolute atomic E-state index is 0.389. The summed E-state index contributed by atoms with van der Waals surface area (Å²) < 4.78 is 0. The van der Waals surface area contributed by atoms with Crippen molar-refractivity contribution in [2.75, 3.05) is 5.32 Å². The number of aliphatic hydroxyl groups excluding tert-OH is 1. The van der Waals surface area contributed by atoms with E-state index < -0.39 is 11.7 Å². The van der Waals surface area contributed by atoms with Crippen molar-refractivity contribution >= 4 is 16.7 Å². The second-order valence-electron chi connectivity index (χ2n) is 8.37. The zero-order valence-electron chi connectivity index (χ0n) is 14.0. The molecular formula is C19H25N3O2. The molecule has 4 aliphatic carbocycles. The van der Waals surface area contributed by atoms with Gasteiger partial charge in [-0.1, -0.05) is 0 Å². The highest BCUT2D eigenvalue weighted by Gasteiger charge is 2.54. The third-order valence-corrected chi connectivity index (χ3v) is 6.62. The summed E-state index contributed by atoms with van der Waals surface area (Å²) in [6, 6.07) is 2.42. The predicted molar refractivity (Wildman–Crippen MR) is 92.6 cm³/mol. The van der Waals surface area contributed by atoms with Crippen LogP contribution in [0.5, 0.6) is 0 Å². The van der Waals surface area contributed by atoms with Gasteiger partial charge >= 0.3 is 0 Å². The Labute approximate surface area is 141 Å². The van der Waals surface area contributed by atoms with Gasteiger partial charge in [0.05, 0.1) is 17.4 Å². The van der Waals surface area contributed by atoms with Gasteiger partial charge in [0, 0.05) is 29.4 Å². The molecule has 3 unspecified atom stereocenters. The summed E-state index contributed by atoms with van der Waals surface area (Å²) in [6.07, 6.45) is 8.41. The molecule has 4 saturated carbocycles. The zero-order chi connectivity index (χ0) is 16.5. The molecule has 4 bridgehead atoms. The van der Waals surface area contributed by atoms with Crippen LogP contribution in [0.3, 0.4) is 0 Å². The standard InChI is InChI=1S/C19H25N3O2/c1-10(23)15-9-21-18-14(2-3-20-18)17(15)22-16-12-4-11-5-13(16)8-19(24,6-11)7-12/h2-3,9-13,16,23-24H,4-8H2,1H3,(H2,20,21,22). The summed E-state index contributed by atoms with van der Waals surface area (Å²) in [4.78, 5) is 7.58. The Morgan fingerprint density at radius 1 is 1.29 bits per heavy atom. The number of rotatable bonds is 3. The number of aromatic amines is 1. The third kappa shape index (κ3) is 2.11. The van der Waals surface area contributed by atoms with Gasteiger partial charge in [0.2, 0.25) is 0 Å². The number of nitrogens with one attached hydrogen (secondary N) is 2. The molecule has 0 amide bonds. The lowest BCUT2D eigenvalue weighted by Crippen LogP contribution is -2.59. The lowest BCUT2D eigenvalue weighted by Gasteiger charge is -2.58. The van der Waals surface area contributed by atoms with Crippen molar-refractivity contribution < 1.29 is 10.2 Å². The molecule has 4 aliphatic rings. The molecule has 4 N–H and O–H groups in total. The summed E-state index contributed by atoms with van der Waals surface area (Å²) in [5, 5.41) is 25.8. The number of pyridine rings is 1. The van der Waals surface area contributed by atoms with E-state index in [9.17, 15) is 10.2 Å². The van der Waals surface area contributed by atoms with Crippen LogP contribution in [0.15, 0.2) is 18.5 Å². The number of aliphatic hydroxyl groups is 2. The van der Waals surface area contributed by atoms with E-state index in [1.807, 2.05) is 12.3 Å². The number of fused-ring (bicyclic) bond motifs is 1. The average molecular weight is 327 g/mol. The van der Waals surface area contributed by atoms with E-state index >= 15 is 0 Å². The molecule has 5 nitrogen and oxygen atoms in total. The fraction of sp³-hybridized carbons (Fsp3) is 0.632. The van der Waals surface area contributed by atoms with Crippen molar-refractivity contribution in [3.63, 3.8) is 0 Å². The predicted octanol–water partition coefficient (Wildman–Crippen LogP) is 2.97. The van der Waals surface area contributed by atoms with E-state index in [4.69, 9.17) is 0 Å². The Morgan fingerprint density at radius 3 is 2.71 bits per heavy atom. The molecule has 0 aromatic carbocycles. The largest absolute Gasteiger partial charge is 0.390 e. The average Bonchev–Trinajstić information content (AvgIpc) is 2.97. The minimum atomic E-state index is -0.555. The van der Waals surface area contributed by atoms with Gasteiger partial charge in [-0.15, -0.1) is 0 Å². The molecule has 0 radical (unpaired) electrons. The smallest absolute Gasteiger partial charge is 0.139 e. The lowest BCUT2D eigenvalue weighted by molar-refractivity contribution is -0.129. The number of anilines is 1. The number of hydrogen-bond donors (Lipinski definition) is 4. The number of nitrogens with zero attached hydrogens (tertiary/aromatic N) is 1. The molecule has 0 aliphatic heterocycles. The van der Waals surface area contributed by atoms with Crippen LogP contribution in [0.25, 0.3) is 11.0 Å². The maximum Gasteiger partial charge on any atom is 0.139 e. The maximum atomic E-state index is 10.8. The van der Waals surface area contributed by atoms with E-state index in [0.29, 0.717) is 23.8 Å². The van der Waals surface area contributed by atoms with Crippen LogP contribution in [0.4, 0.5) is 5.69 Å². The first-order valence-electron chi connectivity index (χ1n) is 9.15. The van der Waals surface area contributed by atoms with Crippen LogP contribution in [0, 0.1) is 17.8 Å². The fourth-order valence-corrected chi connectivity index (χ4v) is 5.88. The van der Waals surface area contributed by atoms with Crippen LogP contribution in [0.2, 0.25) is 0 Å². The Hall–Kier alpha value is -1.59. The first-order chi connectivity index (χ1) is 11.5. The van der Waals surface area contributed by atoms with Gasteiger partial charge in [0.15, 0.2) is 0 Å². The van der Waals surface area contributed by atoms with Crippen LogP contribution < -0.4 is 5.32 Å². The highest BCUT2D eigenvalue weighted by Crippen LogP contribution is 2.56. The summed E-state index contributed by atoms with van der Waals surface area (Å²) in [6.45, 7) is 1.79. The zero-order valence-corrected chi connectivity index (χ0v) is 14.0. The topological polar surface area (TPSA) is 81.2 Å². The molecule has 0 spiro atoms. The normalized spacial score (nSPS) is 38.6. The summed E-state index contributed by atoms with van der Waals surface area (Å²) in [5.41, 5.74) is 2.31. The quantitative estimate of drug-likeness (QED) is 0.699. The number of H-pyrrole nitrogens is 1. The van der Waals surface area contributed by atoms with Crippen molar-refractivity contribution in [2.24, 2.45) is 17.8 Å². The monoisotopic (exact) mass is 327 g/mol. The van der Waals surface area contributed by atoms with Crippen LogP contribution >= 0.6 is 0 Å². The molecule has 5 heteroatoms. The third-order valence-electron chi connectivity index (χ3n) is 6.62. The van der Waals surface area contributed by atoms with Gasteiger partial charge < -0.3 is 20.5 Å². The Balaban J connectivity index is 1.53. The molecular weight excluding hydrogens is 302 g/mol. The van der Waals surface area contributed by atoms with E-state index in [2.05, 4.69) is 15.3 Å². The van der Waals surface area contributed by atoms with Gasteiger partial charge in [-0.2, -0.15) is 0 Å². The molecule has 0 saturated heterocycles. The first kappa shape index (κ1) is 14.7. The SMILES string of the molecule is CC(O)c1cnc2[nH]ccc2c1NC1C2CC3CC1CC(O)(C3)C2. The van der Waals surface area contributed by atoms with Crippen molar-refractivity contribution in [3.8, 4) is 0 Å². The Bertz CT molecular complexity index is 768. The van der Waals surface area contributed by atoms with Gasteiger partial charge in [-0.25, -0.2) is 4.98 Å². The van der Waals surface area contributed by atoms with Gasteiger partial charge in [-0.3, -0.25) is 0 Å². The maximum absolute atomic E-state index is 10.8. The highest BCUT2D eigenvalue weighted by atomic mass is 16.3. The molecule has 4 fully saturated rings. The highest BCUT2D eigenvalue weighted by molar-refractivity contribution is 5.91. The van der Waals surface area contributed by atoms with E-state index in [0.717, 1.165) is 41.5 Å². The molecule has 2 aromatic rings. The van der Waals surface area contributed by atoms with Crippen LogP contribution in [-0.2, 0) is 0 Å². The molecule has 2 aromatic heterocycles. The van der Waals surface area contributed by atoms with E-state index in [1.54, 1.807) is 13.1 Å². The van der Waals surface area contributed by atoms with E-state index in [-0.39, 0.29) is 0 Å². The summed E-state index contributed by atoms with van der Waals surface area (Å²) in [5.74, 6) is 1.77. The Kier molecular flexibility index (Phi) is 3.04. The second-order valence-corrected chi connectivity index (χ2v) is 8.37. The lowest BCUT2D eigenvalue weighted by atomic mass is 9.52. The fourth-order valence-electron chi connectivity index (χ4n) is 5.88.